The summed E-state index contributed by atoms with van der Waals surface area (Å²) in [5.41, 5.74) is 8.04. The number of hydrogen-bond donors (Lipinski definition) is 2. The molecule has 4 rings (SSSR count). The van der Waals surface area contributed by atoms with Gasteiger partial charge < -0.3 is 15.0 Å². The van der Waals surface area contributed by atoms with Crippen LogP contribution in [0.25, 0.3) is 11.1 Å². The lowest BCUT2D eigenvalue weighted by molar-refractivity contribution is 0.0481. The van der Waals surface area contributed by atoms with Crippen LogP contribution in [0.1, 0.15) is 23.5 Å². The van der Waals surface area contributed by atoms with E-state index in [1.165, 1.54) is 0 Å². The first-order chi connectivity index (χ1) is 16.8. The van der Waals surface area contributed by atoms with Gasteiger partial charge in [0.2, 0.25) is 0 Å². The summed E-state index contributed by atoms with van der Waals surface area (Å²) in [6.07, 6.45) is 5.67. The zero-order valence-corrected chi connectivity index (χ0v) is 21.9. The zero-order valence-electron chi connectivity index (χ0n) is 19.6. The Bertz CT molecular complexity index is 1400. The van der Waals surface area contributed by atoms with Crippen molar-refractivity contribution < 1.29 is 5.11 Å². The molecule has 6 heteroatoms. The highest BCUT2D eigenvalue weighted by molar-refractivity contribution is 9.11. The van der Waals surface area contributed by atoms with E-state index >= 15 is 0 Å². The van der Waals surface area contributed by atoms with Crippen LogP contribution < -0.4 is 5.56 Å². The van der Waals surface area contributed by atoms with Crippen molar-refractivity contribution in [2.45, 2.75) is 17.9 Å². The molecule has 0 bridgehead atoms. The molecular formula is C29H26BrClN2O2. The number of nitrogens with one attached hydrogen (secondary N) is 1. The van der Waals surface area contributed by atoms with Gasteiger partial charge in [0.15, 0.2) is 0 Å². The lowest BCUT2D eigenvalue weighted by Gasteiger charge is -2.38. The van der Waals surface area contributed by atoms with E-state index in [9.17, 15) is 9.90 Å². The SMILES string of the molecule is CN(C)CCC(O)(C1=C=C=CC(Br)=C1)C(c1ccccc1)c1cc(-c2ccc(Cl)cc2)c[nH]c1=O. The largest absolute Gasteiger partial charge is 0.383 e. The van der Waals surface area contributed by atoms with Gasteiger partial charge in [-0.1, -0.05) is 81.5 Å². The first-order valence-corrected chi connectivity index (χ1v) is 12.4. The van der Waals surface area contributed by atoms with Crippen molar-refractivity contribution in [3.8, 4) is 11.1 Å². The summed E-state index contributed by atoms with van der Waals surface area (Å²) < 4.78 is 0.783. The maximum Gasteiger partial charge on any atom is 0.251 e. The molecule has 2 N–H and O–H groups in total. The summed E-state index contributed by atoms with van der Waals surface area (Å²) >= 11 is 9.59. The molecule has 2 atom stereocenters. The smallest absolute Gasteiger partial charge is 0.251 e. The Morgan fingerprint density at radius 2 is 1.83 bits per heavy atom. The van der Waals surface area contributed by atoms with Gasteiger partial charge in [-0.25, -0.2) is 0 Å². The van der Waals surface area contributed by atoms with Crippen LogP contribution in [-0.4, -0.2) is 41.2 Å². The van der Waals surface area contributed by atoms with E-state index in [0.29, 0.717) is 29.1 Å². The fourth-order valence-corrected chi connectivity index (χ4v) is 4.81. The minimum Gasteiger partial charge on any atom is -0.383 e. The summed E-state index contributed by atoms with van der Waals surface area (Å²) in [6.45, 7) is 0.606. The van der Waals surface area contributed by atoms with Crippen molar-refractivity contribution in [3.63, 3.8) is 0 Å². The number of H-pyrrole nitrogens is 1. The number of halogens is 2. The number of aromatic amines is 1. The summed E-state index contributed by atoms with van der Waals surface area (Å²) in [5, 5.41) is 13.1. The summed E-state index contributed by atoms with van der Waals surface area (Å²) in [5.74, 6) is -0.654. The fraction of sp³-hybridized carbons (Fsp3) is 0.207. The number of allylic oxidation sites excluding steroid dienone is 2. The molecule has 1 aromatic heterocycles. The minimum atomic E-state index is -1.43. The van der Waals surface area contributed by atoms with Crippen LogP contribution in [0, 0.1) is 0 Å². The van der Waals surface area contributed by atoms with E-state index in [4.69, 9.17) is 11.6 Å². The highest BCUT2D eigenvalue weighted by atomic mass is 79.9. The van der Waals surface area contributed by atoms with Crippen molar-refractivity contribution in [1.29, 1.82) is 0 Å². The van der Waals surface area contributed by atoms with Crippen LogP contribution in [-0.2, 0) is 0 Å². The van der Waals surface area contributed by atoms with Crippen molar-refractivity contribution >= 4 is 27.5 Å². The quantitative estimate of drug-likeness (QED) is 0.337. The second-order valence-corrected chi connectivity index (χ2v) is 10.2. The van der Waals surface area contributed by atoms with Crippen molar-refractivity contribution in [1.82, 2.24) is 9.88 Å². The predicted octanol–water partition coefficient (Wildman–Crippen LogP) is 6.04. The third kappa shape index (κ3) is 5.69. The molecular weight excluding hydrogens is 524 g/mol. The molecule has 35 heavy (non-hydrogen) atoms. The van der Waals surface area contributed by atoms with Crippen molar-refractivity contribution in [2.24, 2.45) is 0 Å². The van der Waals surface area contributed by atoms with E-state index in [0.717, 1.165) is 21.2 Å². The lowest BCUT2D eigenvalue weighted by atomic mass is 9.71. The van der Waals surface area contributed by atoms with Gasteiger partial charge in [-0.3, -0.25) is 4.79 Å². The number of pyridine rings is 1. The normalized spacial score (nSPS) is 15.5. The lowest BCUT2D eigenvalue weighted by Crippen LogP contribution is -2.43. The Kier molecular flexibility index (Phi) is 7.78. The van der Waals surface area contributed by atoms with Crippen LogP contribution in [0.4, 0.5) is 0 Å². The molecule has 2 unspecified atom stereocenters. The van der Waals surface area contributed by atoms with Gasteiger partial charge in [-0.05, 0) is 61.5 Å². The highest BCUT2D eigenvalue weighted by Gasteiger charge is 2.43. The van der Waals surface area contributed by atoms with Crippen LogP contribution in [0.5, 0.6) is 0 Å². The molecule has 0 saturated carbocycles. The maximum absolute atomic E-state index is 13.3. The molecule has 4 nitrogen and oxygen atoms in total. The van der Waals surface area contributed by atoms with Gasteiger partial charge in [-0.2, -0.15) is 0 Å². The fourth-order valence-electron chi connectivity index (χ4n) is 4.34. The van der Waals surface area contributed by atoms with Gasteiger partial charge in [-0.15, -0.1) is 0 Å². The van der Waals surface area contributed by atoms with E-state index < -0.39 is 11.5 Å². The van der Waals surface area contributed by atoms with E-state index in [1.807, 2.05) is 85.7 Å². The number of nitrogens with zero attached hydrogens (tertiary/aromatic N) is 1. The Morgan fingerprint density at radius 3 is 2.49 bits per heavy atom. The van der Waals surface area contributed by atoms with Gasteiger partial charge in [0.1, 0.15) is 5.60 Å². The molecule has 0 fully saturated rings. The van der Waals surface area contributed by atoms with Gasteiger partial charge >= 0.3 is 0 Å². The third-order valence-electron chi connectivity index (χ3n) is 6.14. The summed E-state index contributed by atoms with van der Waals surface area (Å²) in [7, 11) is 3.92. The van der Waals surface area contributed by atoms with Gasteiger partial charge in [0, 0.05) is 45.4 Å². The molecule has 2 aromatic carbocycles. The zero-order chi connectivity index (χ0) is 25.0. The number of hydrogen-bond acceptors (Lipinski definition) is 3. The first-order valence-electron chi connectivity index (χ1n) is 11.3. The summed E-state index contributed by atoms with van der Waals surface area (Å²) in [6, 6.07) is 19.0. The third-order valence-corrected chi connectivity index (χ3v) is 6.85. The molecule has 0 spiro atoms. The average Bonchev–Trinajstić information content (AvgIpc) is 2.85. The minimum absolute atomic E-state index is 0.251. The topological polar surface area (TPSA) is 56.3 Å². The molecule has 0 amide bonds. The Labute approximate surface area is 218 Å². The molecule has 0 radical (unpaired) electrons. The van der Waals surface area contributed by atoms with Crippen LogP contribution in [0.3, 0.4) is 0 Å². The Balaban J connectivity index is 1.96. The van der Waals surface area contributed by atoms with Crippen molar-refractivity contribution in [2.75, 3.05) is 20.6 Å². The molecule has 1 aliphatic carbocycles. The molecule has 178 valence electrons. The Hall–Kier alpha value is -2.88. The van der Waals surface area contributed by atoms with E-state index in [-0.39, 0.29) is 5.56 Å². The van der Waals surface area contributed by atoms with Gasteiger partial charge in [0.05, 0.1) is 0 Å². The van der Waals surface area contributed by atoms with Gasteiger partial charge in [0.25, 0.3) is 5.56 Å². The Morgan fingerprint density at radius 1 is 1.11 bits per heavy atom. The van der Waals surface area contributed by atoms with E-state index in [1.54, 1.807) is 12.3 Å². The molecule has 0 saturated heterocycles. The van der Waals surface area contributed by atoms with Crippen LogP contribution in [0.15, 0.2) is 105 Å². The monoisotopic (exact) mass is 548 g/mol. The predicted molar refractivity (Wildman–Crippen MR) is 146 cm³/mol. The molecule has 1 aliphatic rings. The second-order valence-electron chi connectivity index (χ2n) is 8.86. The number of rotatable bonds is 8. The first kappa shape index (κ1) is 25.2. The summed E-state index contributed by atoms with van der Waals surface area (Å²) in [4.78, 5) is 18.2. The van der Waals surface area contributed by atoms with Crippen molar-refractivity contribution in [3.05, 3.63) is 127 Å². The molecule has 0 aliphatic heterocycles. The average molecular weight is 550 g/mol. The maximum atomic E-state index is 13.3. The van der Waals surface area contributed by atoms with E-state index in [2.05, 4.69) is 32.4 Å². The molecule has 3 aromatic rings. The number of aromatic nitrogens is 1. The molecule has 1 heterocycles. The number of benzene rings is 2. The van der Waals surface area contributed by atoms with Crippen LogP contribution in [0.2, 0.25) is 5.02 Å². The number of aliphatic hydroxyl groups is 1. The standard InChI is InChI=1S/C29H26BrClN2O2/c1-33(2)16-15-29(35,23-9-6-10-24(30)18-23)27(21-7-4-3-5-8-21)26-17-22(19-32-28(26)34)20-11-13-25(31)14-12-20/h3-5,7-8,10-14,17-19,27,35H,15-16H2,1-2H3,(H,32,34). The van der Waals surface area contributed by atoms with Crippen LogP contribution >= 0.6 is 27.5 Å². The highest BCUT2D eigenvalue weighted by Crippen LogP contribution is 2.42. The second kappa shape index (κ2) is 10.8.